The lowest BCUT2D eigenvalue weighted by Gasteiger charge is -2.21. The molecule has 1 aliphatic rings. The molecule has 0 saturated heterocycles. The van der Waals surface area contributed by atoms with Crippen molar-refractivity contribution in [2.45, 2.75) is 44.3 Å². The minimum atomic E-state index is -4.51. The Labute approximate surface area is 157 Å². The predicted octanol–water partition coefficient (Wildman–Crippen LogP) is 2.44. The fourth-order valence-corrected chi connectivity index (χ4v) is 2.51. The van der Waals surface area contributed by atoms with Crippen molar-refractivity contribution in [1.29, 1.82) is 0 Å². The fraction of sp³-hybridized carbons (Fsp3) is 0.471. The van der Waals surface area contributed by atoms with E-state index in [1.54, 1.807) is 0 Å². The molecular weight excluding hydrogens is 381 g/mol. The zero-order chi connectivity index (χ0) is 20.5. The van der Waals surface area contributed by atoms with E-state index in [1.165, 1.54) is 20.0 Å². The summed E-state index contributed by atoms with van der Waals surface area (Å²) >= 11 is 0. The molecule has 0 bridgehead atoms. The number of ether oxygens (including phenoxy) is 1. The quantitative estimate of drug-likeness (QED) is 0.714. The molecule has 1 saturated carbocycles. The van der Waals surface area contributed by atoms with Crippen LogP contribution in [0.15, 0.2) is 16.8 Å². The molecule has 1 atom stereocenters. The van der Waals surface area contributed by atoms with E-state index in [0.29, 0.717) is 11.8 Å². The minimum absolute atomic E-state index is 0.0526. The molecule has 1 fully saturated rings. The lowest BCUT2D eigenvalue weighted by molar-refractivity contribution is -0.153. The van der Waals surface area contributed by atoms with Gasteiger partial charge >= 0.3 is 6.18 Å². The van der Waals surface area contributed by atoms with Crippen molar-refractivity contribution in [2.24, 2.45) is 0 Å². The summed E-state index contributed by atoms with van der Waals surface area (Å²) in [5, 5.41) is 6.04. The Bertz CT molecular complexity index is 895. The van der Waals surface area contributed by atoms with Crippen LogP contribution in [-0.2, 0) is 10.3 Å². The number of carbonyl (C=O) groups excluding carboxylic acids is 2. The molecular formula is C17H17F3N4O4. The number of alkyl halides is 3. The monoisotopic (exact) mass is 398 g/mol. The summed E-state index contributed by atoms with van der Waals surface area (Å²) in [5.74, 6) is -0.640. The summed E-state index contributed by atoms with van der Waals surface area (Å²) in [5.41, 5.74) is -1.28. The van der Waals surface area contributed by atoms with Crippen LogP contribution in [0.5, 0.6) is 5.75 Å². The van der Waals surface area contributed by atoms with Gasteiger partial charge in [-0.2, -0.15) is 18.2 Å². The number of amides is 1. The summed E-state index contributed by atoms with van der Waals surface area (Å²) in [7, 11) is 0. The van der Waals surface area contributed by atoms with Crippen molar-refractivity contribution < 1.29 is 32.0 Å². The van der Waals surface area contributed by atoms with Crippen LogP contribution in [0.4, 0.5) is 13.2 Å². The molecule has 1 aliphatic carbocycles. The van der Waals surface area contributed by atoms with Gasteiger partial charge in [-0.15, -0.1) is 0 Å². The van der Waals surface area contributed by atoms with Gasteiger partial charge in [-0.3, -0.25) is 9.78 Å². The first-order valence-electron chi connectivity index (χ1n) is 8.40. The number of aryl methyl sites for hydroxylation is 1. The molecule has 2 heterocycles. The Morgan fingerprint density at radius 1 is 1.43 bits per heavy atom. The van der Waals surface area contributed by atoms with E-state index in [2.05, 4.69) is 20.4 Å². The van der Waals surface area contributed by atoms with Gasteiger partial charge in [0.2, 0.25) is 11.7 Å². The highest BCUT2D eigenvalue weighted by Crippen LogP contribution is 2.44. The zero-order valence-corrected chi connectivity index (χ0v) is 15.0. The number of carbonyl (C=O) groups is 2. The molecule has 3 rings (SSSR count). The van der Waals surface area contributed by atoms with Crippen LogP contribution < -0.4 is 10.1 Å². The molecule has 0 aliphatic heterocycles. The first-order valence-corrected chi connectivity index (χ1v) is 8.40. The maximum absolute atomic E-state index is 12.6. The van der Waals surface area contributed by atoms with Crippen molar-refractivity contribution in [3.8, 4) is 5.75 Å². The zero-order valence-electron chi connectivity index (χ0n) is 15.0. The van der Waals surface area contributed by atoms with Crippen LogP contribution >= 0.6 is 0 Å². The lowest BCUT2D eigenvalue weighted by Crippen LogP contribution is -2.46. The van der Waals surface area contributed by atoms with Crippen molar-refractivity contribution in [2.75, 3.05) is 6.61 Å². The van der Waals surface area contributed by atoms with Gasteiger partial charge in [0.25, 0.3) is 5.91 Å². The highest BCUT2D eigenvalue weighted by molar-refractivity contribution is 5.95. The number of nitrogens with one attached hydrogen (secondary N) is 1. The molecule has 2 aromatic rings. The molecule has 1 unspecified atom stereocenters. The van der Waals surface area contributed by atoms with Gasteiger partial charge in [0, 0.05) is 24.8 Å². The molecule has 2 aromatic heterocycles. The highest BCUT2D eigenvalue weighted by Gasteiger charge is 2.35. The van der Waals surface area contributed by atoms with E-state index in [0.717, 1.165) is 18.9 Å². The van der Waals surface area contributed by atoms with Crippen LogP contribution in [0.3, 0.4) is 0 Å². The van der Waals surface area contributed by atoms with Crippen LogP contribution in [0.1, 0.15) is 53.5 Å². The number of hydrogen-bond acceptors (Lipinski definition) is 7. The van der Waals surface area contributed by atoms with Crippen molar-refractivity contribution in [1.82, 2.24) is 20.4 Å². The molecule has 0 radical (unpaired) electrons. The van der Waals surface area contributed by atoms with Gasteiger partial charge in [-0.1, -0.05) is 5.16 Å². The average molecular weight is 398 g/mol. The van der Waals surface area contributed by atoms with E-state index in [1.807, 2.05) is 0 Å². The molecule has 1 N–H and O–H groups in total. The maximum Gasteiger partial charge on any atom is 0.422 e. The maximum atomic E-state index is 12.6. The minimum Gasteiger partial charge on any atom is -0.484 e. The lowest BCUT2D eigenvalue weighted by atomic mass is 10.0. The number of hydrogen-bond donors (Lipinski definition) is 1. The van der Waals surface area contributed by atoms with Crippen LogP contribution in [-0.4, -0.2) is 40.1 Å². The average Bonchev–Trinajstić information content (AvgIpc) is 3.39. The summed E-state index contributed by atoms with van der Waals surface area (Å²) in [4.78, 5) is 32.0. The van der Waals surface area contributed by atoms with Gasteiger partial charge < -0.3 is 19.4 Å². The van der Waals surface area contributed by atoms with Gasteiger partial charge in [0.1, 0.15) is 11.4 Å². The van der Waals surface area contributed by atoms with Gasteiger partial charge in [0.15, 0.2) is 18.4 Å². The number of pyridine rings is 1. The van der Waals surface area contributed by atoms with Crippen LogP contribution in [0.2, 0.25) is 0 Å². The SMILES string of the molecule is Cc1nc(C(C)(C=O)NC(=O)c2cc(OCC(F)(F)F)c(C3CC3)cn2)no1. The number of rotatable bonds is 7. The molecule has 0 spiro atoms. The molecule has 8 nitrogen and oxygen atoms in total. The van der Waals surface area contributed by atoms with Crippen molar-refractivity contribution in [3.05, 3.63) is 35.2 Å². The topological polar surface area (TPSA) is 107 Å². The van der Waals surface area contributed by atoms with Crippen LogP contribution in [0, 0.1) is 6.92 Å². The van der Waals surface area contributed by atoms with E-state index in [-0.39, 0.29) is 29.1 Å². The Balaban J connectivity index is 1.83. The normalized spacial score (nSPS) is 16.3. The van der Waals surface area contributed by atoms with Gasteiger partial charge in [0.05, 0.1) is 0 Å². The Kier molecular flexibility index (Phi) is 5.09. The fourth-order valence-electron chi connectivity index (χ4n) is 2.51. The van der Waals surface area contributed by atoms with Crippen molar-refractivity contribution in [3.63, 3.8) is 0 Å². The number of halogens is 3. The third-order valence-electron chi connectivity index (χ3n) is 4.14. The predicted molar refractivity (Wildman–Crippen MR) is 87.7 cm³/mol. The van der Waals surface area contributed by atoms with E-state index < -0.39 is 24.2 Å². The number of aldehydes is 1. The number of aromatic nitrogens is 3. The molecule has 1 amide bonds. The Hall–Kier alpha value is -2.98. The number of nitrogens with zero attached hydrogens (tertiary/aromatic N) is 3. The standard InChI is InChI=1S/C17H17F3N4O4/c1-9-22-15(24-28-9)16(2,7-25)23-14(26)12-5-13(27-8-17(18,19)20)11(6-21-12)10-3-4-10/h5-7,10H,3-4,8H2,1-2H3,(H,23,26). The second kappa shape index (κ2) is 7.21. The first kappa shape index (κ1) is 19.8. The molecule has 150 valence electrons. The molecule has 11 heteroatoms. The summed E-state index contributed by atoms with van der Waals surface area (Å²) < 4.78 is 47.3. The van der Waals surface area contributed by atoms with E-state index in [9.17, 15) is 22.8 Å². The second-order valence-corrected chi connectivity index (χ2v) is 6.70. The van der Waals surface area contributed by atoms with E-state index in [4.69, 9.17) is 9.26 Å². The van der Waals surface area contributed by atoms with Crippen molar-refractivity contribution >= 4 is 12.2 Å². The Morgan fingerprint density at radius 2 is 2.14 bits per heavy atom. The Morgan fingerprint density at radius 3 is 2.68 bits per heavy atom. The third kappa shape index (κ3) is 4.46. The summed E-state index contributed by atoms with van der Waals surface area (Å²) in [6.07, 6.45) is -1.13. The first-order chi connectivity index (χ1) is 13.1. The van der Waals surface area contributed by atoms with Gasteiger partial charge in [-0.25, -0.2) is 0 Å². The van der Waals surface area contributed by atoms with E-state index >= 15 is 0 Å². The molecule has 0 aromatic carbocycles. The highest BCUT2D eigenvalue weighted by atomic mass is 19.4. The van der Waals surface area contributed by atoms with Crippen LogP contribution in [0.25, 0.3) is 0 Å². The summed E-state index contributed by atoms with van der Waals surface area (Å²) in [6.45, 7) is 1.40. The third-order valence-corrected chi connectivity index (χ3v) is 4.14. The second-order valence-electron chi connectivity index (χ2n) is 6.70. The summed E-state index contributed by atoms with van der Waals surface area (Å²) in [6, 6.07) is 1.14. The molecule has 28 heavy (non-hydrogen) atoms. The smallest absolute Gasteiger partial charge is 0.422 e. The largest absolute Gasteiger partial charge is 0.484 e. The van der Waals surface area contributed by atoms with Gasteiger partial charge in [-0.05, 0) is 25.7 Å².